The van der Waals surface area contributed by atoms with Gasteiger partial charge in [0.05, 0.1) is 48.3 Å². The van der Waals surface area contributed by atoms with E-state index >= 15 is 0 Å². The van der Waals surface area contributed by atoms with E-state index in [4.69, 9.17) is 32.0 Å². The van der Waals surface area contributed by atoms with Crippen LogP contribution >= 0.6 is 35.1 Å². The van der Waals surface area contributed by atoms with Crippen LogP contribution in [0.15, 0.2) is 65.2 Å². The van der Waals surface area contributed by atoms with Crippen LogP contribution in [0.5, 0.6) is 5.75 Å². The summed E-state index contributed by atoms with van der Waals surface area (Å²) in [6.07, 6.45) is 1.84. The lowest BCUT2D eigenvalue weighted by molar-refractivity contribution is 0.0685. The maximum Gasteiger partial charge on any atom is 0.352 e. The first kappa shape index (κ1) is 32.9. The average molecular weight is 704 g/mol. The third kappa shape index (κ3) is 6.42. The van der Waals surface area contributed by atoms with Gasteiger partial charge in [-0.2, -0.15) is 16.9 Å². The number of rotatable bonds is 1. The number of benzene rings is 3. The van der Waals surface area contributed by atoms with E-state index in [-0.39, 0.29) is 5.69 Å². The van der Waals surface area contributed by atoms with Crippen molar-refractivity contribution in [2.24, 2.45) is 19.9 Å². The molecule has 0 atom stereocenters. The maximum absolute atomic E-state index is 12.8. The lowest BCUT2D eigenvalue weighted by Gasteiger charge is -2.30. The number of halogens is 1. The Balaban J connectivity index is 1.34. The minimum atomic E-state index is -0.974. The van der Waals surface area contributed by atoms with Crippen molar-refractivity contribution >= 4 is 68.3 Å². The van der Waals surface area contributed by atoms with Gasteiger partial charge in [-0.05, 0) is 65.8 Å². The predicted octanol–water partition coefficient (Wildman–Crippen LogP) is 7.27. The molecule has 8 bridgehead atoms. The Morgan fingerprint density at radius 1 is 1.04 bits per heavy atom. The second-order valence-electron chi connectivity index (χ2n) is 12.1. The van der Waals surface area contributed by atoms with Crippen molar-refractivity contribution in [3.63, 3.8) is 0 Å². The van der Waals surface area contributed by atoms with E-state index in [1.807, 2.05) is 43.0 Å². The van der Waals surface area contributed by atoms with E-state index in [0.717, 1.165) is 83.4 Å². The van der Waals surface area contributed by atoms with Crippen molar-refractivity contribution in [2.45, 2.75) is 35.7 Å². The summed E-state index contributed by atoms with van der Waals surface area (Å²) in [6, 6.07) is 18.6. The molecule has 12 heteroatoms. The van der Waals surface area contributed by atoms with Crippen molar-refractivity contribution in [2.75, 3.05) is 32.1 Å². The molecular formula is C36H38ClN5O4S2. The van der Waals surface area contributed by atoms with E-state index in [9.17, 15) is 9.90 Å². The Kier molecular flexibility index (Phi) is 9.66. The van der Waals surface area contributed by atoms with Gasteiger partial charge in [0.2, 0.25) is 0 Å². The standard InChI is InChI=1S/C36H38ClN5O4S2/c1-40-34-28-9-10-30(37)33(34)29(31-19-45-14-12-42(31)38)11-15-47-20-23-17-24(41(2)39-23)21-48-25-16-22-6-3-4-7-26(22)32(18-25)46-13-5-8-27(28)35(40)36(43)44/h3-4,6-7,9-10,16-18H,5,8,11-15,19-21,38H2,1-2H3,(H,43,44)/b31-29+. The van der Waals surface area contributed by atoms with Crippen LogP contribution in [0.4, 0.5) is 0 Å². The molecule has 9 nitrogen and oxygen atoms in total. The van der Waals surface area contributed by atoms with Gasteiger partial charge in [0, 0.05) is 52.5 Å². The van der Waals surface area contributed by atoms with Gasteiger partial charge in [0.25, 0.3) is 0 Å². The van der Waals surface area contributed by atoms with Crippen molar-refractivity contribution in [1.29, 1.82) is 0 Å². The highest BCUT2D eigenvalue weighted by atomic mass is 35.5. The summed E-state index contributed by atoms with van der Waals surface area (Å²) in [7, 11) is 3.81. The summed E-state index contributed by atoms with van der Waals surface area (Å²) in [5.41, 5.74) is 6.66. The molecule has 0 unspecified atom stereocenters. The number of aromatic carboxylic acids is 1. The molecule has 2 aliphatic rings. The third-order valence-electron chi connectivity index (χ3n) is 9.11. The van der Waals surface area contributed by atoms with Gasteiger partial charge >= 0.3 is 5.97 Å². The fourth-order valence-electron chi connectivity index (χ4n) is 6.80. The van der Waals surface area contributed by atoms with Crippen LogP contribution in [0.3, 0.4) is 0 Å². The molecule has 1 fully saturated rings. The van der Waals surface area contributed by atoms with Crippen molar-refractivity contribution in [1.82, 2.24) is 19.4 Å². The first-order valence-corrected chi connectivity index (χ1v) is 18.6. The largest absolute Gasteiger partial charge is 0.493 e. The quantitative estimate of drug-likeness (QED) is 0.174. The number of aryl methyl sites for hydroxylation is 3. The molecule has 4 heterocycles. The van der Waals surface area contributed by atoms with E-state index < -0.39 is 5.97 Å². The van der Waals surface area contributed by atoms with Crippen LogP contribution in [-0.4, -0.2) is 62.6 Å². The van der Waals surface area contributed by atoms with Crippen LogP contribution in [0.2, 0.25) is 5.02 Å². The summed E-state index contributed by atoms with van der Waals surface area (Å²) in [4.78, 5) is 13.9. The van der Waals surface area contributed by atoms with E-state index in [0.29, 0.717) is 50.7 Å². The van der Waals surface area contributed by atoms with Gasteiger partial charge in [0.15, 0.2) is 0 Å². The Bertz CT molecular complexity index is 2060. The number of hydrazine groups is 1. The van der Waals surface area contributed by atoms with Gasteiger partial charge in [0.1, 0.15) is 11.4 Å². The SMILES string of the molecule is Cn1nc2cc1CSc1cc(c3ccccc3c1)OCCCc1c(C(=O)O)n(C)c3c(c(Cl)ccc13)/C(=C1\COCCN1N)CCSC2. The summed E-state index contributed by atoms with van der Waals surface area (Å²) in [5, 5.41) is 20.6. The highest BCUT2D eigenvalue weighted by Gasteiger charge is 2.27. The number of hydrogen-bond donors (Lipinski definition) is 2. The van der Waals surface area contributed by atoms with Crippen LogP contribution in [-0.2, 0) is 36.8 Å². The monoisotopic (exact) mass is 703 g/mol. The molecule has 0 saturated carbocycles. The topological polar surface area (TPSA) is 108 Å². The summed E-state index contributed by atoms with van der Waals surface area (Å²) in [5.74, 6) is 8.73. The number of aromatic nitrogens is 3. The fourth-order valence-corrected chi connectivity index (χ4v) is 8.90. The summed E-state index contributed by atoms with van der Waals surface area (Å²) in [6.45, 7) is 1.90. The number of carbonyl (C=O) groups is 1. The van der Waals surface area contributed by atoms with Crippen LogP contribution in [0.1, 0.15) is 45.8 Å². The van der Waals surface area contributed by atoms with Crippen molar-refractivity contribution in [3.05, 3.63) is 93.5 Å². The number of hydrogen-bond acceptors (Lipinski definition) is 8. The molecule has 2 aliphatic heterocycles. The number of thioether (sulfide) groups is 2. The third-order valence-corrected chi connectivity index (χ3v) is 11.4. The Morgan fingerprint density at radius 3 is 2.73 bits per heavy atom. The smallest absolute Gasteiger partial charge is 0.352 e. The molecule has 0 aliphatic carbocycles. The number of carboxylic acid groups (broad SMARTS) is 1. The zero-order valence-corrected chi connectivity index (χ0v) is 29.4. The number of morpholine rings is 1. The Hall–Kier alpha value is -3.61. The molecule has 250 valence electrons. The molecular weight excluding hydrogens is 666 g/mol. The van der Waals surface area contributed by atoms with Crippen LogP contribution in [0, 0.1) is 0 Å². The highest BCUT2D eigenvalue weighted by molar-refractivity contribution is 7.98. The van der Waals surface area contributed by atoms with E-state index in [1.165, 1.54) is 0 Å². The number of fused-ring (bicyclic) bond motifs is 6. The van der Waals surface area contributed by atoms with Gasteiger partial charge in [-0.15, -0.1) is 11.8 Å². The first-order valence-electron chi connectivity index (χ1n) is 16.0. The Morgan fingerprint density at radius 2 is 1.90 bits per heavy atom. The molecule has 0 amide bonds. The molecule has 5 aromatic rings. The zero-order chi connectivity index (χ0) is 33.4. The van der Waals surface area contributed by atoms with Gasteiger partial charge in [-0.1, -0.05) is 41.9 Å². The Labute approximate surface area is 293 Å². The number of nitrogens with two attached hydrogens (primary N) is 1. The van der Waals surface area contributed by atoms with Crippen molar-refractivity contribution in [3.8, 4) is 5.75 Å². The van der Waals surface area contributed by atoms with Crippen molar-refractivity contribution < 1.29 is 19.4 Å². The molecule has 0 spiro atoms. The summed E-state index contributed by atoms with van der Waals surface area (Å²) < 4.78 is 16.1. The number of carboxylic acids is 1. The normalized spacial score (nSPS) is 18.2. The number of nitrogens with zero attached hydrogens (tertiary/aromatic N) is 4. The lowest BCUT2D eigenvalue weighted by Crippen LogP contribution is -2.40. The minimum absolute atomic E-state index is 0.258. The molecule has 2 aromatic heterocycles. The van der Waals surface area contributed by atoms with Crippen LogP contribution < -0.4 is 10.6 Å². The van der Waals surface area contributed by atoms with Gasteiger partial charge in [-0.25, -0.2) is 10.6 Å². The molecule has 3 aromatic carbocycles. The average Bonchev–Trinajstić information content (AvgIpc) is 3.57. The molecule has 3 N–H and O–H groups in total. The molecule has 1 saturated heterocycles. The van der Waals surface area contributed by atoms with E-state index in [2.05, 4.69) is 30.3 Å². The highest BCUT2D eigenvalue weighted by Crippen LogP contribution is 2.41. The maximum atomic E-state index is 12.8. The van der Waals surface area contributed by atoms with Crippen LogP contribution in [0.25, 0.3) is 27.2 Å². The predicted molar refractivity (Wildman–Crippen MR) is 195 cm³/mol. The first-order chi connectivity index (χ1) is 23.3. The molecule has 48 heavy (non-hydrogen) atoms. The second-order valence-corrected chi connectivity index (χ2v) is 14.7. The summed E-state index contributed by atoms with van der Waals surface area (Å²) >= 11 is 10.6. The minimum Gasteiger partial charge on any atom is -0.493 e. The van der Waals surface area contributed by atoms with Gasteiger partial charge < -0.3 is 24.2 Å². The fraction of sp³-hybridized carbons (Fsp3) is 0.333. The lowest BCUT2D eigenvalue weighted by atomic mass is 9.96. The van der Waals surface area contributed by atoms with Gasteiger partial charge in [-0.3, -0.25) is 4.68 Å². The van der Waals surface area contributed by atoms with E-state index in [1.54, 1.807) is 33.1 Å². The molecule has 0 radical (unpaired) electrons. The molecule has 7 rings (SSSR count). The zero-order valence-electron chi connectivity index (χ0n) is 27.0. The second kappa shape index (κ2) is 14.1. The number of ether oxygens (including phenoxy) is 2. The number of allylic oxidation sites excluding steroid dienone is 1.